The number of aromatic nitrogens is 2. The quantitative estimate of drug-likeness (QED) is 0.749. The lowest BCUT2D eigenvalue weighted by atomic mass is 10.00. The molecule has 158 valence electrons. The second kappa shape index (κ2) is 8.10. The van der Waals surface area contributed by atoms with Crippen molar-refractivity contribution in [2.45, 2.75) is 44.8 Å². The van der Waals surface area contributed by atoms with E-state index in [4.69, 9.17) is 9.26 Å². The number of hydrogen-bond donors (Lipinski definition) is 0. The first kappa shape index (κ1) is 20.4. The molecule has 0 saturated carbocycles. The van der Waals surface area contributed by atoms with Crippen molar-refractivity contribution in [1.82, 2.24) is 18.8 Å². The van der Waals surface area contributed by atoms with Gasteiger partial charge < -0.3 is 9.26 Å². The fourth-order valence-corrected chi connectivity index (χ4v) is 5.83. The summed E-state index contributed by atoms with van der Waals surface area (Å²) in [6.07, 6.45) is 1.18. The highest BCUT2D eigenvalue weighted by atomic mass is 32.2. The number of hydrogen-bond acceptors (Lipinski definition) is 6. The van der Waals surface area contributed by atoms with Crippen LogP contribution in [0.4, 0.5) is 4.39 Å². The van der Waals surface area contributed by atoms with E-state index in [9.17, 15) is 12.8 Å². The van der Waals surface area contributed by atoms with Gasteiger partial charge in [0.1, 0.15) is 5.82 Å². The zero-order valence-electron chi connectivity index (χ0n) is 16.5. The Hall–Kier alpha value is -1.88. The topological polar surface area (TPSA) is 88.8 Å². The molecule has 8 nitrogen and oxygen atoms in total. The van der Waals surface area contributed by atoms with Crippen LogP contribution in [0.5, 0.6) is 0 Å². The SMILES string of the molecule is CC1CN(S(=O)(=O)N2CCCC(c3nc(-c4cccc(F)c4)no3)C2)CC(C)O1. The third-order valence-corrected chi connectivity index (χ3v) is 7.23. The summed E-state index contributed by atoms with van der Waals surface area (Å²) in [6, 6.07) is 5.98. The van der Waals surface area contributed by atoms with E-state index < -0.39 is 10.2 Å². The number of piperidine rings is 1. The zero-order chi connectivity index (χ0) is 20.6. The monoisotopic (exact) mass is 424 g/mol. The van der Waals surface area contributed by atoms with E-state index in [0.29, 0.717) is 43.3 Å². The second-order valence-electron chi connectivity index (χ2n) is 7.75. The predicted molar refractivity (Wildman–Crippen MR) is 104 cm³/mol. The molecule has 2 saturated heterocycles. The molecule has 0 bridgehead atoms. The standard InChI is InChI=1S/C19H25FN4O4S/c1-13-10-24(11-14(2)27-13)29(25,26)23-8-4-6-16(12-23)19-21-18(22-28-19)15-5-3-7-17(20)9-15/h3,5,7,9,13-14,16H,4,6,8,10-12H2,1-2H3. The Kier molecular flexibility index (Phi) is 5.69. The minimum atomic E-state index is -3.60. The summed E-state index contributed by atoms with van der Waals surface area (Å²) in [7, 11) is -3.60. The van der Waals surface area contributed by atoms with Crippen LogP contribution in [0.25, 0.3) is 11.4 Å². The molecule has 3 atom stereocenters. The Balaban J connectivity index is 1.50. The average Bonchev–Trinajstić information content (AvgIpc) is 3.18. The zero-order valence-corrected chi connectivity index (χ0v) is 17.3. The van der Waals surface area contributed by atoms with Crippen molar-refractivity contribution in [3.8, 4) is 11.4 Å². The highest BCUT2D eigenvalue weighted by Crippen LogP contribution is 2.30. The van der Waals surface area contributed by atoms with Crippen LogP contribution < -0.4 is 0 Å². The minimum Gasteiger partial charge on any atom is -0.373 e. The number of halogens is 1. The Labute approximate surface area is 169 Å². The van der Waals surface area contributed by atoms with Crippen LogP contribution in [0.1, 0.15) is 38.5 Å². The summed E-state index contributed by atoms with van der Waals surface area (Å²) in [4.78, 5) is 4.40. The van der Waals surface area contributed by atoms with Crippen molar-refractivity contribution in [3.05, 3.63) is 36.0 Å². The molecule has 0 radical (unpaired) electrons. The first-order valence-corrected chi connectivity index (χ1v) is 11.2. The van der Waals surface area contributed by atoms with E-state index in [2.05, 4.69) is 10.1 Å². The number of rotatable bonds is 4. The molecule has 2 aromatic rings. The third-order valence-electron chi connectivity index (χ3n) is 5.30. The summed E-state index contributed by atoms with van der Waals surface area (Å²) >= 11 is 0. The number of nitrogens with zero attached hydrogens (tertiary/aromatic N) is 4. The molecule has 10 heteroatoms. The summed E-state index contributed by atoms with van der Waals surface area (Å²) in [5.41, 5.74) is 0.525. The molecular weight excluding hydrogens is 399 g/mol. The van der Waals surface area contributed by atoms with Crippen molar-refractivity contribution in [2.75, 3.05) is 26.2 Å². The molecule has 4 rings (SSSR count). The summed E-state index contributed by atoms with van der Waals surface area (Å²) in [5.74, 6) is 0.116. The average molecular weight is 424 g/mol. The highest BCUT2D eigenvalue weighted by Gasteiger charge is 2.38. The van der Waals surface area contributed by atoms with Crippen LogP contribution in [0, 0.1) is 5.82 Å². The maximum Gasteiger partial charge on any atom is 0.282 e. The summed E-state index contributed by atoms with van der Waals surface area (Å²) in [6.45, 7) is 5.19. The first-order valence-electron chi connectivity index (χ1n) is 9.83. The molecule has 3 heterocycles. The van der Waals surface area contributed by atoms with E-state index in [1.54, 1.807) is 12.1 Å². The molecule has 0 aliphatic carbocycles. The Bertz CT molecular complexity index is 957. The van der Waals surface area contributed by atoms with Crippen molar-refractivity contribution < 1.29 is 22.1 Å². The fraction of sp³-hybridized carbons (Fsp3) is 0.579. The molecule has 3 unspecified atom stereocenters. The van der Waals surface area contributed by atoms with Crippen molar-refractivity contribution >= 4 is 10.2 Å². The second-order valence-corrected chi connectivity index (χ2v) is 9.67. The van der Waals surface area contributed by atoms with Gasteiger partial charge in [-0.2, -0.15) is 22.0 Å². The maximum atomic E-state index is 13.5. The van der Waals surface area contributed by atoms with Gasteiger partial charge in [0.25, 0.3) is 10.2 Å². The highest BCUT2D eigenvalue weighted by molar-refractivity contribution is 7.86. The van der Waals surface area contributed by atoms with Crippen LogP contribution in [-0.4, -0.2) is 65.6 Å². The van der Waals surface area contributed by atoms with Crippen LogP contribution in [0.3, 0.4) is 0 Å². The molecule has 0 amide bonds. The minimum absolute atomic E-state index is 0.140. The van der Waals surface area contributed by atoms with Crippen molar-refractivity contribution in [2.24, 2.45) is 0 Å². The third kappa shape index (κ3) is 4.35. The number of ether oxygens (including phenoxy) is 1. The molecule has 2 aliphatic rings. The van der Waals surface area contributed by atoms with Gasteiger partial charge in [0.2, 0.25) is 11.7 Å². The van der Waals surface area contributed by atoms with Crippen LogP contribution in [-0.2, 0) is 14.9 Å². The van der Waals surface area contributed by atoms with Gasteiger partial charge in [0, 0.05) is 31.7 Å². The molecule has 29 heavy (non-hydrogen) atoms. The van der Waals surface area contributed by atoms with Gasteiger partial charge in [-0.15, -0.1) is 0 Å². The maximum absolute atomic E-state index is 13.5. The van der Waals surface area contributed by atoms with Gasteiger partial charge in [-0.05, 0) is 38.8 Å². The van der Waals surface area contributed by atoms with Crippen LogP contribution >= 0.6 is 0 Å². The Morgan fingerprint density at radius 3 is 2.62 bits per heavy atom. The van der Waals surface area contributed by atoms with E-state index >= 15 is 0 Å². The normalized spacial score (nSPS) is 27.2. The summed E-state index contributed by atoms with van der Waals surface area (Å²) in [5, 5.41) is 3.95. The summed E-state index contributed by atoms with van der Waals surface area (Å²) < 4.78 is 53.8. The Morgan fingerprint density at radius 1 is 1.14 bits per heavy atom. The van der Waals surface area contributed by atoms with Crippen LogP contribution in [0.2, 0.25) is 0 Å². The van der Waals surface area contributed by atoms with Crippen molar-refractivity contribution in [3.63, 3.8) is 0 Å². The lowest BCUT2D eigenvalue weighted by Gasteiger charge is -2.39. The van der Waals surface area contributed by atoms with Gasteiger partial charge in [0.15, 0.2) is 0 Å². The van der Waals surface area contributed by atoms with Gasteiger partial charge >= 0.3 is 0 Å². The van der Waals surface area contributed by atoms with E-state index in [1.807, 2.05) is 13.8 Å². The van der Waals surface area contributed by atoms with E-state index in [1.165, 1.54) is 20.7 Å². The van der Waals surface area contributed by atoms with Gasteiger partial charge in [-0.3, -0.25) is 0 Å². The first-order chi connectivity index (χ1) is 13.8. The van der Waals surface area contributed by atoms with Gasteiger partial charge in [0.05, 0.1) is 18.1 Å². The molecule has 2 fully saturated rings. The van der Waals surface area contributed by atoms with E-state index in [-0.39, 0.29) is 30.5 Å². The van der Waals surface area contributed by atoms with Crippen LogP contribution in [0.15, 0.2) is 28.8 Å². The molecule has 2 aliphatic heterocycles. The number of morpholine rings is 1. The lowest BCUT2D eigenvalue weighted by Crippen LogP contribution is -2.54. The lowest BCUT2D eigenvalue weighted by molar-refractivity contribution is -0.0456. The fourth-order valence-electron chi connectivity index (χ4n) is 3.98. The van der Waals surface area contributed by atoms with Gasteiger partial charge in [-0.25, -0.2) is 4.39 Å². The van der Waals surface area contributed by atoms with E-state index in [0.717, 1.165) is 6.42 Å². The molecule has 1 aromatic carbocycles. The Morgan fingerprint density at radius 2 is 1.90 bits per heavy atom. The molecule has 0 N–H and O–H groups in total. The van der Waals surface area contributed by atoms with Gasteiger partial charge in [-0.1, -0.05) is 17.3 Å². The molecular formula is C19H25FN4O4S. The van der Waals surface area contributed by atoms with Crippen molar-refractivity contribution in [1.29, 1.82) is 0 Å². The molecule has 0 spiro atoms. The predicted octanol–water partition coefficient (Wildman–Crippen LogP) is 2.41. The smallest absolute Gasteiger partial charge is 0.282 e. The largest absolute Gasteiger partial charge is 0.373 e. The molecule has 1 aromatic heterocycles. The number of benzene rings is 1.